The zero-order valence-corrected chi connectivity index (χ0v) is 13.0. The van der Waals surface area contributed by atoms with Gasteiger partial charge in [-0.1, -0.05) is 11.6 Å². The molecular weight excluding hydrogens is 248 g/mol. The summed E-state index contributed by atoms with van der Waals surface area (Å²) in [5.74, 6) is 0.142. The summed E-state index contributed by atoms with van der Waals surface area (Å²) in [6.45, 7) is 3.01. The van der Waals surface area contributed by atoms with Crippen molar-refractivity contribution in [3.05, 3.63) is 29.3 Å². The highest BCUT2D eigenvalue weighted by molar-refractivity contribution is 6.00. The summed E-state index contributed by atoms with van der Waals surface area (Å²) in [5.41, 5.74) is 9.03. The number of anilines is 1. The highest BCUT2D eigenvalue weighted by atomic mass is 15.2. The minimum atomic E-state index is 0.142. The van der Waals surface area contributed by atoms with E-state index in [1.807, 2.05) is 13.0 Å². The molecule has 0 radical (unpaired) electrons. The van der Waals surface area contributed by atoms with Crippen LogP contribution in [0, 0.1) is 12.3 Å². The van der Waals surface area contributed by atoms with Gasteiger partial charge in [0.05, 0.1) is 0 Å². The third-order valence-electron chi connectivity index (χ3n) is 4.62. The van der Waals surface area contributed by atoms with Gasteiger partial charge in [0.15, 0.2) is 0 Å². The minimum Gasteiger partial charge on any atom is -0.384 e. The zero-order valence-electron chi connectivity index (χ0n) is 13.0. The molecule has 1 aromatic rings. The molecule has 20 heavy (non-hydrogen) atoms. The largest absolute Gasteiger partial charge is 0.384 e. The average Bonchev–Trinajstić information content (AvgIpc) is 2.32. The van der Waals surface area contributed by atoms with Crippen molar-refractivity contribution < 1.29 is 0 Å². The lowest BCUT2D eigenvalue weighted by Crippen LogP contribution is -2.56. The van der Waals surface area contributed by atoms with E-state index < -0.39 is 0 Å². The predicted molar refractivity (Wildman–Crippen MR) is 85.7 cm³/mol. The Hall–Kier alpha value is -1.55. The van der Waals surface area contributed by atoms with E-state index in [-0.39, 0.29) is 11.4 Å². The Kier molecular flexibility index (Phi) is 4.04. The van der Waals surface area contributed by atoms with Crippen LogP contribution in [0.1, 0.15) is 30.4 Å². The van der Waals surface area contributed by atoms with Crippen LogP contribution in [0.5, 0.6) is 0 Å². The van der Waals surface area contributed by atoms with Gasteiger partial charge >= 0.3 is 0 Å². The normalized spacial score (nSPS) is 16.9. The standard InChI is InChI=1S/C16H26N4/c1-12-6-7-14(13(10-12)15(17)18)20(4)11-16(19(2)3)8-5-9-16/h6-7,10H,5,8-9,11H2,1-4H3,(H3,17,18). The fourth-order valence-corrected chi connectivity index (χ4v) is 3.06. The maximum atomic E-state index is 7.78. The first-order valence-corrected chi connectivity index (χ1v) is 7.19. The summed E-state index contributed by atoms with van der Waals surface area (Å²) in [7, 11) is 6.42. The topological polar surface area (TPSA) is 56.4 Å². The van der Waals surface area contributed by atoms with E-state index in [2.05, 4.69) is 43.1 Å². The number of nitrogens with zero attached hydrogens (tertiary/aromatic N) is 2. The van der Waals surface area contributed by atoms with E-state index in [9.17, 15) is 0 Å². The van der Waals surface area contributed by atoms with Crippen LogP contribution in [0.25, 0.3) is 0 Å². The molecule has 4 nitrogen and oxygen atoms in total. The molecule has 1 aromatic carbocycles. The van der Waals surface area contributed by atoms with Crippen molar-refractivity contribution in [2.24, 2.45) is 5.73 Å². The first kappa shape index (κ1) is 14.9. The highest BCUT2D eigenvalue weighted by Crippen LogP contribution is 2.37. The van der Waals surface area contributed by atoms with Crippen LogP contribution in [-0.4, -0.2) is 44.0 Å². The van der Waals surface area contributed by atoms with Gasteiger partial charge in [-0.2, -0.15) is 0 Å². The van der Waals surface area contributed by atoms with Crippen LogP contribution in [0.15, 0.2) is 18.2 Å². The van der Waals surface area contributed by atoms with Crippen molar-refractivity contribution in [1.82, 2.24) is 4.90 Å². The molecule has 2 rings (SSSR count). The molecule has 0 aromatic heterocycles. The third-order valence-corrected chi connectivity index (χ3v) is 4.62. The first-order valence-electron chi connectivity index (χ1n) is 7.19. The maximum Gasteiger partial charge on any atom is 0.124 e. The number of amidine groups is 1. The minimum absolute atomic E-state index is 0.142. The lowest BCUT2D eigenvalue weighted by molar-refractivity contribution is 0.0683. The smallest absolute Gasteiger partial charge is 0.124 e. The summed E-state index contributed by atoms with van der Waals surface area (Å²) in [6, 6.07) is 6.16. The van der Waals surface area contributed by atoms with Crippen LogP contribution in [0.3, 0.4) is 0 Å². The summed E-state index contributed by atoms with van der Waals surface area (Å²) in [4.78, 5) is 4.59. The molecule has 0 aliphatic heterocycles. The monoisotopic (exact) mass is 274 g/mol. The van der Waals surface area contributed by atoms with Crippen molar-refractivity contribution in [2.45, 2.75) is 31.7 Å². The van der Waals surface area contributed by atoms with Crippen molar-refractivity contribution >= 4 is 11.5 Å². The van der Waals surface area contributed by atoms with Crippen LogP contribution >= 0.6 is 0 Å². The lowest BCUT2D eigenvalue weighted by Gasteiger charge is -2.49. The second kappa shape index (κ2) is 5.44. The van der Waals surface area contributed by atoms with Gasteiger partial charge in [-0.3, -0.25) is 5.41 Å². The maximum absolute atomic E-state index is 7.78. The number of nitrogen functional groups attached to an aromatic ring is 1. The number of hydrogen-bond donors (Lipinski definition) is 2. The van der Waals surface area contributed by atoms with Gasteiger partial charge in [-0.15, -0.1) is 0 Å². The van der Waals surface area contributed by atoms with E-state index in [1.165, 1.54) is 19.3 Å². The van der Waals surface area contributed by atoms with Crippen LogP contribution in [-0.2, 0) is 0 Å². The van der Waals surface area contributed by atoms with E-state index >= 15 is 0 Å². The van der Waals surface area contributed by atoms with Gasteiger partial charge in [0.25, 0.3) is 0 Å². The molecule has 0 amide bonds. The van der Waals surface area contributed by atoms with Gasteiger partial charge in [0, 0.05) is 30.4 Å². The van der Waals surface area contributed by atoms with E-state index in [4.69, 9.17) is 11.1 Å². The number of hydrogen-bond acceptors (Lipinski definition) is 3. The summed E-state index contributed by atoms with van der Waals surface area (Å²) >= 11 is 0. The number of rotatable bonds is 5. The predicted octanol–water partition coefficient (Wildman–Crippen LogP) is 2.20. The molecule has 1 fully saturated rings. The third kappa shape index (κ3) is 2.66. The summed E-state index contributed by atoms with van der Waals surface area (Å²) < 4.78 is 0. The highest BCUT2D eigenvalue weighted by Gasteiger charge is 2.40. The molecule has 1 aliphatic rings. The zero-order chi connectivity index (χ0) is 14.9. The molecule has 0 unspecified atom stereocenters. The van der Waals surface area contributed by atoms with Crippen LogP contribution in [0.4, 0.5) is 5.69 Å². The fourth-order valence-electron chi connectivity index (χ4n) is 3.06. The van der Waals surface area contributed by atoms with Crippen LogP contribution < -0.4 is 10.6 Å². The number of benzene rings is 1. The Labute approximate surface area is 122 Å². The number of nitrogens with one attached hydrogen (secondary N) is 1. The molecule has 0 bridgehead atoms. The summed E-state index contributed by atoms with van der Waals surface area (Å²) in [6.07, 6.45) is 3.79. The molecular formula is C16H26N4. The summed E-state index contributed by atoms with van der Waals surface area (Å²) in [5, 5.41) is 7.78. The van der Waals surface area contributed by atoms with Crippen LogP contribution in [0.2, 0.25) is 0 Å². The van der Waals surface area contributed by atoms with Gasteiger partial charge in [0.2, 0.25) is 0 Å². The van der Waals surface area contributed by atoms with Gasteiger partial charge in [-0.05, 0) is 52.4 Å². The Bertz CT molecular complexity index is 503. The van der Waals surface area contributed by atoms with Crippen molar-refractivity contribution in [2.75, 3.05) is 32.6 Å². The molecule has 1 aliphatic carbocycles. The number of aryl methyl sites for hydroxylation is 1. The Morgan fingerprint density at radius 1 is 1.30 bits per heavy atom. The SMILES string of the molecule is Cc1ccc(N(C)CC2(N(C)C)CCC2)c(C(=N)N)c1. The molecule has 1 saturated carbocycles. The molecule has 4 heteroatoms. The quantitative estimate of drug-likeness (QED) is 0.639. The number of nitrogens with two attached hydrogens (primary N) is 1. The van der Waals surface area contributed by atoms with Gasteiger partial charge < -0.3 is 15.5 Å². The van der Waals surface area contributed by atoms with Gasteiger partial charge in [0.1, 0.15) is 5.84 Å². The lowest BCUT2D eigenvalue weighted by atomic mass is 9.75. The molecule has 0 saturated heterocycles. The second-order valence-electron chi connectivity index (χ2n) is 6.26. The molecule has 0 heterocycles. The molecule has 0 spiro atoms. The van der Waals surface area contributed by atoms with Crippen molar-refractivity contribution in [3.63, 3.8) is 0 Å². The molecule has 110 valence electrons. The van der Waals surface area contributed by atoms with E-state index in [1.54, 1.807) is 0 Å². The van der Waals surface area contributed by atoms with Crippen molar-refractivity contribution in [3.8, 4) is 0 Å². The average molecular weight is 274 g/mol. The molecule has 0 atom stereocenters. The second-order valence-corrected chi connectivity index (χ2v) is 6.26. The van der Waals surface area contributed by atoms with E-state index in [0.717, 1.165) is 23.4 Å². The van der Waals surface area contributed by atoms with E-state index in [0.29, 0.717) is 0 Å². The Balaban J connectivity index is 2.25. The number of likely N-dealkylation sites (N-methyl/N-ethyl adjacent to an activating group) is 2. The molecule has 3 N–H and O–H groups in total. The Morgan fingerprint density at radius 2 is 1.95 bits per heavy atom. The Morgan fingerprint density at radius 3 is 2.40 bits per heavy atom. The fraction of sp³-hybridized carbons (Fsp3) is 0.562. The van der Waals surface area contributed by atoms with Crippen molar-refractivity contribution in [1.29, 1.82) is 5.41 Å². The first-order chi connectivity index (χ1) is 9.35. The van der Waals surface area contributed by atoms with Gasteiger partial charge in [-0.25, -0.2) is 0 Å².